The molecular weight excluding hydrogens is 464 g/mol. The summed E-state index contributed by atoms with van der Waals surface area (Å²) in [6.45, 7) is 2.12. The molecule has 4 aromatic rings. The molecule has 3 aromatic heterocycles. The van der Waals surface area contributed by atoms with Crippen LogP contribution < -0.4 is 5.32 Å². The van der Waals surface area contributed by atoms with Gasteiger partial charge in [0, 0.05) is 38.4 Å². The van der Waals surface area contributed by atoms with Gasteiger partial charge in [-0.15, -0.1) is 0 Å². The number of rotatable bonds is 7. The van der Waals surface area contributed by atoms with Crippen LogP contribution >= 0.6 is 0 Å². The summed E-state index contributed by atoms with van der Waals surface area (Å²) < 4.78 is 27.4. The number of nitrogens with zero attached hydrogens (tertiary/aromatic N) is 5. The average Bonchev–Trinajstić information content (AvgIpc) is 3.66. The van der Waals surface area contributed by atoms with Gasteiger partial charge in [-0.3, -0.25) is 4.79 Å². The van der Waals surface area contributed by atoms with Crippen LogP contribution in [-0.2, 0) is 16.6 Å². The Balaban J connectivity index is 1.45. The molecule has 1 saturated carbocycles. The van der Waals surface area contributed by atoms with Gasteiger partial charge in [-0.05, 0) is 55.7 Å². The number of carbonyl (C=O) groups excluding carboxylic acids is 1. The van der Waals surface area contributed by atoms with Crippen molar-refractivity contribution in [3.05, 3.63) is 77.2 Å². The Kier molecular flexibility index (Phi) is 5.86. The van der Waals surface area contributed by atoms with E-state index in [4.69, 9.17) is 4.98 Å². The monoisotopic (exact) mass is 490 g/mol. The molecule has 180 valence electrons. The predicted molar refractivity (Wildman–Crippen MR) is 132 cm³/mol. The molecule has 9 nitrogen and oxygen atoms in total. The smallest absolute Gasteiger partial charge is 0.252 e. The van der Waals surface area contributed by atoms with E-state index in [2.05, 4.69) is 15.4 Å². The number of amides is 1. The standard InChI is InChI=1S/C25H26N6O3S/c1-16-23-20(25(32)27-15-17-7-11-19(12-8-17)35(33,34)30(2)3)14-21(18-9-10-18)28-24(23)31(29-16)22-6-4-5-13-26-22/h4-8,11-14,18H,9-10,15H2,1-3H3,(H,27,32). The van der Waals surface area contributed by atoms with E-state index in [0.717, 1.165) is 24.1 Å². The van der Waals surface area contributed by atoms with Gasteiger partial charge < -0.3 is 5.32 Å². The van der Waals surface area contributed by atoms with Crippen LogP contribution in [0.15, 0.2) is 59.6 Å². The van der Waals surface area contributed by atoms with Crippen molar-refractivity contribution in [3.63, 3.8) is 0 Å². The fraction of sp³-hybridized carbons (Fsp3) is 0.280. The Morgan fingerprint density at radius 2 is 1.89 bits per heavy atom. The molecule has 1 aliphatic carbocycles. The Labute approximate surface area is 203 Å². The lowest BCUT2D eigenvalue weighted by Gasteiger charge is -2.12. The van der Waals surface area contributed by atoms with Gasteiger partial charge in [0.05, 0.1) is 21.5 Å². The Morgan fingerprint density at radius 3 is 2.51 bits per heavy atom. The molecule has 5 rings (SSSR count). The SMILES string of the molecule is Cc1nn(-c2ccccn2)c2nc(C3CC3)cc(C(=O)NCc3ccc(S(=O)(=O)N(C)C)cc3)c12. The van der Waals surface area contributed by atoms with Crippen LogP contribution in [0.25, 0.3) is 16.9 Å². The Hall–Kier alpha value is -3.63. The van der Waals surface area contributed by atoms with Crippen LogP contribution in [0.4, 0.5) is 0 Å². The molecule has 10 heteroatoms. The van der Waals surface area contributed by atoms with Crippen molar-refractivity contribution in [2.75, 3.05) is 14.1 Å². The summed E-state index contributed by atoms with van der Waals surface area (Å²) in [4.78, 5) is 22.8. The van der Waals surface area contributed by atoms with E-state index < -0.39 is 10.0 Å². The number of hydrogen-bond donors (Lipinski definition) is 1. The lowest BCUT2D eigenvalue weighted by molar-refractivity contribution is 0.0952. The zero-order valence-corrected chi connectivity index (χ0v) is 20.6. The van der Waals surface area contributed by atoms with Crippen LogP contribution in [0.5, 0.6) is 0 Å². The maximum absolute atomic E-state index is 13.3. The second-order valence-electron chi connectivity index (χ2n) is 8.87. The Morgan fingerprint density at radius 1 is 1.14 bits per heavy atom. The minimum atomic E-state index is -3.50. The zero-order valence-electron chi connectivity index (χ0n) is 19.8. The summed E-state index contributed by atoms with van der Waals surface area (Å²) >= 11 is 0. The number of carbonyl (C=O) groups is 1. The van der Waals surface area contributed by atoms with E-state index in [1.807, 2.05) is 31.2 Å². The molecule has 0 bridgehead atoms. The quantitative estimate of drug-likeness (QED) is 0.426. The molecule has 3 heterocycles. The number of hydrogen-bond acceptors (Lipinski definition) is 6. The van der Waals surface area contributed by atoms with E-state index in [-0.39, 0.29) is 17.3 Å². The fourth-order valence-electron chi connectivity index (χ4n) is 3.98. The first-order valence-electron chi connectivity index (χ1n) is 11.4. The molecule has 0 atom stereocenters. The lowest BCUT2D eigenvalue weighted by Crippen LogP contribution is -2.24. The van der Waals surface area contributed by atoms with Crippen molar-refractivity contribution in [1.82, 2.24) is 29.4 Å². The van der Waals surface area contributed by atoms with Gasteiger partial charge in [-0.25, -0.2) is 22.7 Å². The molecule has 1 N–H and O–H groups in total. The molecule has 0 saturated heterocycles. The van der Waals surface area contributed by atoms with E-state index in [9.17, 15) is 13.2 Å². The number of aryl methyl sites for hydroxylation is 1. The summed E-state index contributed by atoms with van der Waals surface area (Å²) in [6, 6.07) is 14.0. The van der Waals surface area contributed by atoms with Crippen molar-refractivity contribution in [2.24, 2.45) is 0 Å². The summed E-state index contributed by atoms with van der Waals surface area (Å²) in [5.41, 5.74) is 3.53. The summed E-state index contributed by atoms with van der Waals surface area (Å²) in [7, 11) is -0.514. The second-order valence-corrected chi connectivity index (χ2v) is 11.0. The first-order valence-corrected chi connectivity index (χ1v) is 12.8. The highest BCUT2D eigenvalue weighted by atomic mass is 32.2. The van der Waals surface area contributed by atoms with Gasteiger partial charge in [0.15, 0.2) is 11.5 Å². The minimum absolute atomic E-state index is 0.208. The van der Waals surface area contributed by atoms with E-state index in [1.165, 1.54) is 18.4 Å². The number of aromatic nitrogens is 4. The number of fused-ring (bicyclic) bond motifs is 1. The van der Waals surface area contributed by atoms with Crippen molar-refractivity contribution in [3.8, 4) is 5.82 Å². The second kappa shape index (κ2) is 8.86. The molecule has 1 amide bonds. The summed E-state index contributed by atoms with van der Waals surface area (Å²) in [5.74, 6) is 0.766. The fourth-order valence-corrected chi connectivity index (χ4v) is 4.88. The highest BCUT2D eigenvalue weighted by Gasteiger charge is 2.29. The van der Waals surface area contributed by atoms with Gasteiger partial charge in [0.25, 0.3) is 5.91 Å². The first kappa shape index (κ1) is 23.1. The third kappa shape index (κ3) is 4.42. The third-order valence-corrected chi connectivity index (χ3v) is 7.92. The van der Waals surface area contributed by atoms with Crippen molar-refractivity contribution >= 4 is 27.0 Å². The molecule has 0 unspecified atom stereocenters. The molecule has 35 heavy (non-hydrogen) atoms. The summed E-state index contributed by atoms with van der Waals surface area (Å²) in [6.07, 6.45) is 3.81. The van der Waals surface area contributed by atoms with Crippen LogP contribution in [0.1, 0.15) is 46.1 Å². The molecular formula is C25H26N6O3S. The number of sulfonamides is 1. The molecule has 1 fully saturated rings. The largest absolute Gasteiger partial charge is 0.348 e. The molecule has 1 aromatic carbocycles. The van der Waals surface area contributed by atoms with Crippen LogP contribution in [0.2, 0.25) is 0 Å². The van der Waals surface area contributed by atoms with Gasteiger partial charge in [-0.2, -0.15) is 9.78 Å². The number of nitrogens with one attached hydrogen (secondary N) is 1. The van der Waals surface area contributed by atoms with Crippen molar-refractivity contribution < 1.29 is 13.2 Å². The van der Waals surface area contributed by atoms with E-state index >= 15 is 0 Å². The minimum Gasteiger partial charge on any atom is -0.348 e. The average molecular weight is 491 g/mol. The highest BCUT2D eigenvalue weighted by Crippen LogP contribution is 2.40. The Bertz CT molecular complexity index is 1510. The van der Waals surface area contributed by atoms with E-state index in [1.54, 1.807) is 35.1 Å². The molecule has 1 aliphatic rings. The third-order valence-electron chi connectivity index (χ3n) is 6.09. The zero-order chi connectivity index (χ0) is 24.7. The maximum Gasteiger partial charge on any atom is 0.252 e. The van der Waals surface area contributed by atoms with Gasteiger partial charge >= 0.3 is 0 Å². The normalized spacial score (nSPS) is 13.9. The van der Waals surface area contributed by atoms with Crippen molar-refractivity contribution in [1.29, 1.82) is 0 Å². The molecule has 0 aliphatic heterocycles. The number of benzene rings is 1. The first-order chi connectivity index (χ1) is 16.8. The highest BCUT2D eigenvalue weighted by molar-refractivity contribution is 7.89. The van der Waals surface area contributed by atoms with Crippen LogP contribution in [0.3, 0.4) is 0 Å². The van der Waals surface area contributed by atoms with E-state index in [0.29, 0.717) is 34.0 Å². The summed E-state index contributed by atoms with van der Waals surface area (Å²) in [5, 5.41) is 8.31. The number of pyridine rings is 2. The van der Waals surface area contributed by atoms with Gasteiger partial charge in [-0.1, -0.05) is 18.2 Å². The lowest BCUT2D eigenvalue weighted by atomic mass is 10.1. The van der Waals surface area contributed by atoms with Crippen LogP contribution in [-0.4, -0.2) is 52.5 Å². The van der Waals surface area contributed by atoms with Gasteiger partial charge in [0.2, 0.25) is 10.0 Å². The van der Waals surface area contributed by atoms with Gasteiger partial charge in [0.1, 0.15) is 0 Å². The molecule has 0 spiro atoms. The molecule has 0 radical (unpaired) electrons. The topological polar surface area (TPSA) is 110 Å². The van der Waals surface area contributed by atoms with Crippen molar-refractivity contribution in [2.45, 2.75) is 37.1 Å². The predicted octanol–water partition coefficient (Wildman–Crippen LogP) is 3.18. The van der Waals surface area contributed by atoms with Crippen LogP contribution in [0, 0.1) is 6.92 Å². The maximum atomic E-state index is 13.3.